The molecule has 100 valence electrons. The maximum atomic E-state index is 13.7. The van der Waals surface area contributed by atoms with Gasteiger partial charge in [-0.15, -0.1) is 0 Å². The molecule has 0 saturated heterocycles. The first-order valence-electron chi connectivity index (χ1n) is 5.80. The minimum absolute atomic E-state index is 0.186. The molecule has 1 aromatic carbocycles. The van der Waals surface area contributed by atoms with Crippen molar-refractivity contribution in [2.75, 3.05) is 0 Å². The van der Waals surface area contributed by atoms with Crippen LogP contribution in [0.3, 0.4) is 0 Å². The van der Waals surface area contributed by atoms with Gasteiger partial charge in [-0.3, -0.25) is 0 Å². The summed E-state index contributed by atoms with van der Waals surface area (Å²) < 4.78 is 32.7. The molecule has 1 aromatic heterocycles. The summed E-state index contributed by atoms with van der Waals surface area (Å²) in [4.78, 5) is 3.99. The summed E-state index contributed by atoms with van der Waals surface area (Å²) in [7, 11) is 0. The van der Waals surface area contributed by atoms with Crippen molar-refractivity contribution in [3.8, 4) is 11.5 Å². The SMILES string of the molecule is NC(c1noc(-c2c(F)cc(Br)cc2F)n1)C1CC1. The Hall–Kier alpha value is -1.34. The molecule has 2 aromatic rings. The van der Waals surface area contributed by atoms with Crippen molar-refractivity contribution in [2.24, 2.45) is 11.7 Å². The summed E-state index contributed by atoms with van der Waals surface area (Å²) in [6.07, 6.45) is 2.04. The third-order valence-electron chi connectivity index (χ3n) is 3.09. The number of nitrogens with two attached hydrogens (primary N) is 1. The van der Waals surface area contributed by atoms with Gasteiger partial charge in [0.15, 0.2) is 5.82 Å². The van der Waals surface area contributed by atoms with E-state index in [-0.39, 0.29) is 17.5 Å². The number of nitrogens with zero attached hydrogens (tertiary/aromatic N) is 2. The summed E-state index contributed by atoms with van der Waals surface area (Å²) in [5.74, 6) is -1.08. The molecule has 1 saturated carbocycles. The lowest BCUT2D eigenvalue weighted by Gasteiger charge is -2.02. The highest BCUT2D eigenvalue weighted by molar-refractivity contribution is 9.10. The van der Waals surface area contributed by atoms with Gasteiger partial charge in [0.1, 0.15) is 17.2 Å². The quantitative estimate of drug-likeness (QED) is 0.939. The Morgan fingerprint density at radius 2 is 1.95 bits per heavy atom. The zero-order valence-corrected chi connectivity index (χ0v) is 11.3. The van der Waals surface area contributed by atoms with Gasteiger partial charge in [-0.2, -0.15) is 4.98 Å². The van der Waals surface area contributed by atoms with Gasteiger partial charge in [-0.05, 0) is 30.9 Å². The summed E-state index contributed by atoms with van der Waals surface area (Å²) in [5, 5.41) is 3.70. The fourth-order valence-corrected chi connectivity index (χ4v) is 2.29. The molecular weight excluding hydrogens is 320 g/mol. The Labute approximate surface area is 116 Å². The number of hydrogen-bond donors (Lipinski definition) is 1. The molecule has 0 bridgehead atoms. The van der Waals surface area contributed by atoms with Gasteiger partial charge < -0.3 is 10.3 Å². The van der Waals surface area contributed by atoms with Gasteiger partial charge in [0, 0.05) is 4.47 Å². The molecule has 0 aliphatic heterocycles. The number of benzene rings is 1. The predicted octanol–water partition coefficient (Wildman–Crippen LogP) is 3.19. The molecule has 1 heterocycles. The Morgan fingerprint density at radius 3 is 2.53 bits per heavy atom. The Morgan fingerprint density at radius 1 is 1.32 bits per heavy atom. The van der Waals surface area contributed by atoms with Crippen molar-refractivity contribution < 1.29 is 13.3 Å². The standard InChI is InChI=1S/C12H10BrF2N3O/c13-6-3-7(14)9(8(15)4-6)12-17-11(18-19-12)10(16)5-1-2-5/h3-5,10H,1-2,16H2. The maximum absolute atomic E-state index is 13.7. The summed E-state index contributed by atoms with van der Waals surface area (Å²) in [6, 6.07) is 1.95. The molecule has 1 atom stereocenters. The Kier molecular flexibility index (Phi) is 3.10. The largest absolute Gasteiger partial charge is 0.334 e. The van der Waals surface area contributed by atoms with Gasteiger partial charge in [0.05, 0.1) is 6.04 Å². The summed E-state index contributed by atoms with van der Waals surface area (Å²) >= 11 is 3.01. The monoisotopic (exact) mass is 329 g/mol. The third-order valence-corrected chi connectivity index (χ3v) is 3.55. The molecule has 1 aliphatic carbocycles. The first kappa shape index (κ1) is 12.7. The van der Waals surface area contributed by atoms with Gasteiger partial charge in [0.25, 0.3) is 5.89 Å². The van der Waals surface area contributed by atoms with Crippen LogP contribution in [0.25, 0.3) is 11.5 Å². The highest BCUT2D eigenvalue weighted by atomic mass is 79.9. The molecule has 7 heteroatoms. The summed E-state index contributed by atoms with van der Waals surface area (Å²) in [5.41, 5.74) is 5.58. The van der Waals surface area contributed by atoms with Crippen molar-refractivity contribution in [2.45, 2.75) is 18.9 Å². The lowest BCUT2D eigenvalue weighted by atomic mass is 10.2. The Balaban J connectivity index is 1.98. The second-order valence-electron chi connectivity index (χ2n) is 4.57. The lowest BCUT2D eigenvalue weighted by molar-refractivity contribution is 0.407. The van der Waals surface area contributed by atoms with Crippen LogP contribution in [0, 0.1) is 17.6 Å². The molecule has 2 N–H and O–H groups in total. The third kappa shape index (κ3) is 2.40. The highest BCUT2D eigenvalue weighted by Gasteiger charge is 2.33. The fraction of sp³-hybridized carbons (Fsp3) is 0.333. The average molecular weight is 330 g/mol. The van der Waals surface area contributed by atoms with Crippen molar-refractivity contribution in [1.29, 1.82) is 0 Å². The molecule has 0 spiro atoms. The van der Waals surface area contributed by atoms with E-state index in [4.69, 9.17) is 10.3 Å². The second-order valence-corrected chi connectivity index (χ2v) is 5.48. The molecule has 4 nitrogen and oxygen atoms in total. The van der Waals surface area contributed by atoms with E-state index in [0.717, 1.165) is 25.0 Å². The molecule has 3 rings (SSSR count). The van der Waals surface area contributed by atoms with Crippen LogP contribution in [0.5, 0.6) is 0 Å². The molecular formula is C12H10BrF2N3O. The first-order valence-corrected chi connectivity index (χ1v) is 6.59. The number of rotatable bonds is 3. The molecule has 1 aliphatic rings. The van der Waals surface area contributed by atoms with Gasteiger partial charge >= 0.3 is 0 Å². The van der Waals surface area contributed by atoms with E-state index in [2.05, 4.69) is 26.1 Å². The average Bonchev–Trinajstić information content (AvgIpc) is 3.07. The van der Waals surface area contributed by atoms with Crippen molar-refractivity contribution >= 4 is 15.9 Å². The topological polar surface area (TPSA) is 64.9 Å². The minimum atomic E-state index is -0.762. The van der Waals surface area contributed by atoms with Crippen LogP contribution in [0.15, 0.2) is 21.1 Å². The number of hydrogen-bond acceptors (Lipinski definition) is 4. The zero-order chi connectivity index (χ0) is 13.6. The van der Waals surface area contributed by atoms with Crippen molar-refractivity contribution in [3.63, 3.8) is 0 Å². The van der Waals surface area contributed by atoms with Crippen molar-refractivity contribution in [3.05, 3.63) is 34.1 Å². The van der Waals surface area contributed by atoms with Gasteiger partial charge in [-0.25, -0.2) is 8.78 Å². The van der Waals surface area contributed by atoms with E-state index in [1.165, 1.54) is 0 Å². The van der Waals surface area contributed by atoms with Gasteiger partial charge in [0.2, 0.25) is 0 Å². The van der Waals surface area contributed by atoms with Crippen LogP contribution in [-0.2, 0) is 0 Å². The predicted molar refractivity (Wildman–Crippen MR) is 67.0 cm³/mol. The van der Waals surface area contributed by atoms with Gasteiger partial charge in [-0.1, -0.05) is 21.1 Å². The smallest absolute Gasteiger partial charge is 0.263 e. The molecule has 0 radical (unpaired) electrons. The number of halogens is 3. The Bertz CT molecular complexity index is 604. The lowest BCUT2D eigenvalue weighted by Crippen LogP contribution is -2.13. The van der Waals surface area contributed by atoms with E-state index in [1.54, 1.807) is 0 Å². The van der Waals surface area contributed by atoms with Crippen LogP contribution in [0.2, 0.25) is 0 Å². The number of aromatic nitrogens is 2. The van der Waals surface area contributed by atoms with Crippen LogP contribution in [0.4, 0.5) is 8.78 Å². The molecule has 1 unspecified atom stereocenters. The molecule has 1 fully saturated rings. The van der Waals surface area contributed by atoms with Crippen molar-refractivity contribution in [1.82, 2.24) is 10.1 Å². The van der Waals surface area contributed by atoms with E-state index >= 15 is 0 Å². The molecule has 19 heavy (non-hydrogen) atoms. The van der Waals surface area contributed by atoms with E-state index in [1.807, 2.05) is 0 Å². The maximum Gasteiger partial charge on any atom is 0.263 e. The minimum Gasteiger partial charge on any atom is -0.334 e. The molecule has 0 amide bonds. The highest BCUT2D eigenvalue weighted by Crippen LogP contribution is 2.39. The van der Waals surface area contributed by atoms with E-state index in [9.17, 15) is 8.78 Å². The van der Waals surface area contributed by atoms with E-state index in [0.29, 0.717) is 16.2 Å². The first-order chi connectivity index (χ1) is 9.06. The van der Waals surface area contributed by atoms with Crippen LogP contribution in [-0.4, -0.2) is 10.1 Å². The summed E-state index contributed by atoms with van der Waals surface area (Å²) in [6.45, 7) is 0. The van der Waals surface area contributed by atoms with E-state index < -0.39 is 11.6 Å². The van der Waals surface area contributed by atoms with Crippen LogP contribution >= 0.6 is 15.9 Å². The fourth-order valence-electron chi connectivity index (χ4n) is 1.88. The van der Waals surface area contributed by atoms with Crippen LogP contribution in [0.1, 0.15) is 24.7 Å². The normalized spacial score (nSPS) is 16.6. The second kappa shape index (κ2) is 4.64. The van der Waals surface area contributed by atoms with Crippen LogP contribution < -0.4 is 5.73 Å². The zero-order valence-electron chi connectivity index (χ0n) is 9.74.